The van der Waals surface area contributed by atoms with Crippen molar-refractivity contribution in [1.29, 1.82) is 0 Å². The van der Waals surface area contributed by atoms with Crippen LogP contribution in [0.1, 0.15) is 15.9 Å². The van der Waals surface area contributed by atoms with Crippen molar-refractivity contribution in [3.8, 4) is 0 Å². The van der Waals surface area contributed by atoms with Gasteiger partial charge in [-0.15, -0.1) is 0 Å². The quantitative estimate of drug-likeness (QED) is 0.866. The second-order valence-electron chi connectivity index (χ2n) is 3.83. The summed E-state index contributed by atoms with van der Waals surface area (Å²) in [7, 11) is 0. The molecule has 1 amide bonds. The van der Waals surface area contributed by atoms with Crippen LogP contribution in [0.15, 0.2) is 57.5 Å². The van der Waals surface area contributed by atoms with E-state index in [1.165, 1.54) is 0 Å². The first kappa shape index (κ1) is 13.3. The lowest BCUT2D eigenvalue weighted by molar-refractivity contribution is 0.0951. The monoisotopic (exact) mass is 367 g/mol. The van der Waals surface area contributed by atoms with Gasteiger partial charge in [0.25, 0.3) is 5.91 Å². The van der Waals surface area contributed by atoms with E-state index in [1.807, 2.05) is 36.4 Å². The topological polar surface area (TPSA) is 29.1 Å². The van der Waals surface area contributed by atoms with Crippen LogP contribution < -0.4 is 5.32 Å². The number of hydrogen-bond donors (Lipinski definition) is 1. The molecule has 18 heavy (non-hydrogen) atoms. The van der Waals surface area contributed by atoms with E-state index in [1.54, 1.807) is 12.1 Å². The van der Waals surface area contributed by atoms with Crippen molar-refractivity contribution >= 4 is 37.8 Å². The maximum Gasteiger partial charge on any atom is 0.251 e. The highest BCUT2D eigenvalue weighted by Crippen LogP contribution is 2.20. The minimum atomic E-state index is -0.0632. The van der Waals surface area contributed by atoms with Crippen LogP contribution in [0.4, 0.5) is 0 Å². The number of carbonyl (C=O) groups is 1. The van der Waals surface area contributed by atoms with E-state index in [-0.39, 0.29) is 5.91 Å². The molecule has 4 heteroatoms. The van der Waals surface area contributed by atoms with Crippen LogP contribution in [0.3, 0.4) is 0 Å². The number of rotatable bonds is 3. The summed E-state index contributed by atoms with van der Waals surface area (Å²) in [6.07, 6.45) is 0. The molecule has 0 radical (unpaired) electrons. The summed E-state index contributed by atoms with van der Waals surface area (Å²) in [4.78, 5) is 11.9. The summed E-state index contributed by atoms with van der Waals surface area (Å²) < 4.78 is 1.97. The standard InChI is InChI=1S/C14H11Br2NO/c15-12-6-10(7-13(16)8-12)9-17-14(18)11-4-2-1-3-5-11/h1-8H,9H2,(H,17,18). The Balaban J connectivity index is 2.02. The molecule has 0 aliphatic heterocycles. The molecule has 1 N–H and O–H groups in total. The number of amides is 1. The van der Waals surface area contributed by atoms with Crippen molar-refractivity contribution in [3.05, 3.63) is 68.6 Å². The highest BCUT2D eigenvalue weighted by Gasteiger charge is 2.04. The number of nitrogens with one attached hydrogen (secondary N) is 1. The number of benzene rings is 2. The second kappa shape index (κ2) is 6.16. The zero-order valence-electron chi connectivity index (χ0n) is 9.49. The van der Waals surface area contributed by atoms with Crippen molar-refractivity contribution in [3.63, 3.8) is 0 Å². The van der Waals surface area contributed by atoms with Crippen LogP contribution in [-0.2, 0) is 6.54 Å². The first-order valence-electron chi connectivity index (χ1n) is 5.43. The van der Waals surface area contributed by atoms with Gasteiger partial charge in [0.05, 0.1) is 0 Å². The minimum absolute atomic E-state index is 0.0632. The summed E-state index contributed by atoms with van der Waals surface area (Å²) in [6, 6.07) is 15.1. The lowest BCUT2D eigenvalue weighted by Crippen LogP contribution is -2.22. The molecule has 2 aromatic rings. The molecule has 0 heterocycles. The molecule has 0 spiro atoms. The van der Waals surface area contributed by atoms with E-state index in [0.717, 1.165) is 14.5 Å². The van der Waals surface area contributed by atoms with Crippen molar-refractivity contribution in [1.82, 2.24) is 5.32 Å². The van der Waals surface area contributed by atoms with Crippen LogP contribution in [0, 0.1) is 0 Å². The average Bonchev–Trinajstić information content (AvgIpc) is 2.36. The normalized spacial score (nSPS) is 10.1. The molecule has 2 rings (SSSR count). The Morgan fingerprint density at radius 2 is 1.61 bits per heavy atom. The Hall–Kier alpha value is -1.13. The van der Waals surface area contributed by atoms with Gasteiger partial charge in [-0.1, -0.05) is 50.1 Å². The predicted octanol–water partition coefficient (Wildman–Crippen LogP) is 4.14. The smallest absolute Gasteiger partial charge is 0.251 e. The highest BCUT2D eigenvalue weighted by molar-refractivity contribution is 9.11. The number of halogens is 2. The molecule has 0 saturated heterocycles. The summed E-state index contributed by atoms with van der Waals surface area (Å²) >= 11 is 6.84. The molecule has 0 atom stereocenters. The Morgan fingerprint density at radius 1 is 1.00 bits per heavy atom. The molecule has 0 saturated carbocycles. The van der Waals surface area contributed by atoms with Crippen LogP contribution >= 0.6 is 31.9 Å². The Bertz CT molecular complexity index is 535. The molecular weight excluding hydrogens is 358 g/mol. The largest absolute Gasteiger partial charge is 0.348 e. The minimum Gasteiger partial charge on any atom is -0.348 e. The van der Waals surface area contributed by atoms with Crippen molar-refractivity contribution < 1.29 is 4.79 Å². The third kappa shape index (κ3) is 3.68. The van der Waals surface area contributed by atoms with E-state index in [9.17, 15) is 4.79 Å². The maximum absolute atomic E-state index is 11.9. The van der Waals surface area contributed by atoms with E-state index >= 15 is 0 Å². The van der Waals surface area contributed by atoms with Gasteiger partial charge in [0.2, 0.25) is 0 Å². The van der Waals surface area contributed by atoms with Gasteiger partial charge >= 0.3 is 0 Å². The molecule has 0 aromatic heterocycles. The number of hydrogen-bond acceptors (Lipinski definition) is 1. The fraction of sp³-hybridized carbons (Fsp3) is 0.0714. The van der Waals surface area contributed by atoms with Gasteiger partial charge < -0.3 is 5.32 Å². The van der Waals surface area contributed by atoms with Crippen LogP contribution in [0.5, 0.6) is 0 Å². The number of carbonyl (C=O) groups excluding carboxylic acids is 1. The lowest BCUT2D eigenvalue weighted by atomic mass is 10.2. The first-order valence-corrected chi connectivity index (χ1v) is 7.02. The van der Waals surface area contributed by atoms with Gasteiger partial charge in [0, 0.05) is 21.1 Å². The molecule has 2 aromatic carbocycles. The third-order valence-electron chi connectivity index (χ3n) is 2.41. The molecule has 2 nitrogen and oxygen atoms in total. The predicted molar refractivity (Wildman–Crippen MR) is 79.5 cm³/mol. The zero-order chi connectivity index (χ0) is 13.0. The van der Waals surface area contributed by atoms with Crippen LogP contribution in [0.2, 0.25) is 0 Å². The van der Waals surface area contributed by atoms with Gasteiger partial charge in [-0.2, -0.15) is 0 Å². The van der Waals surface area contributed by atoms with E-state index < -0.39 is 0 Å². The van der Waals surface area contributed by atoms with Crippen molar-refractivity contribution in [2.75, 3.05) is 0 Å². The lowest BCUT2D eigenvalue weighted by Gasteiger charge is -2.06. The van der Waals surface area contributed by atoms with Crippen LogP contribution in [0.25, 0.3) is 0 Å². The zero-order valence-corrected chi connectivity index (χ0v) is 12.7. The SMILES string of the molecule is O=C(NCc1cc(Br)cc(Br)c1)c1ccccc1. The van der Waals surface area contributed by atoms with Crippen LogP contribution in [-0.4, -0.2) is 5.91 Å². The second-order valence-corrected chi connectivity index (χ2v) is 5.66. The fourth-order valence-electron chi connectivity index (χ4n) is 1.59. The Labute approximate surface area is 123 Å². The Morgan fingerprint density at radius 3 is 2.22 bits per heavy atom. The molecule has 0 bridgehead atoms. The Kier molecular flexibility index (Phi) is 4.55. The maximum atomic E-state index is 11.9. The van der Waals surface area contributed by atoms with E-state index in [4.69, 9.17) is 0 Å². The molecule has 0 aliphatic carbocycles. The van der Waals surface area contributed by atoms with Gasteiger partial charge in [-0.05, 0) is 35.9 Å². The van der Waals surface area contributed by atoms with Gasteiger partial charge in [-0.25, -0.2) is 0 Å². The van der Waals surface area contributed by atoms with Crippen molar-refractivity contribution in [2.45, 2.75) is 6.54 Å². The van der Waals surface area contributed by atoms with E-state index in [2.05, 4.69) is 37.2 Å². The van der Waals surface area contributed by atoms with Crippen molar-refractivity contribution in [2.24, 2.45) is 0 Å². The van der Waals surface area contributed by atoms with Gasteiger partial charge in [0.15, 0.2) is 0 Å². The third-order valence-corrected chi connectivity index (χ3v) is 3.33. The average molecular weight is 369 g/mol. The molecule has 0 fully saturated rings. The molecule has 0 unspecified atom stereocenters. The summed E-state index contributed by atoms with van der Waals surface area (Å²) in [6.45, 7) is 0.506. The first-order chi connectivity index (χ1) is 8.65. The fourth-order valence-corrected chi connectivity index (χ4v) is 2.98. The van der Waals surface area contributed by atoms with Gasteiger partial charge in [0.1, 0.15) is 0 Å². The summed E-state index contributed by atoms with van der Waals surface area (Å²) in [5, 5.41) is 2.89. The summed E-state index contributed by atoms with van der Waals surface area (Å²) in [5.74, 6) is -0.0632. The highest BCUT2D eigenvalue weighted by atomic mass is 79.9. The molecule has 92 valence electrons. The molecule has 0 aliphatic rings. The van der Waals surface area contributed by atoms with E-state index in [0.29, 0.717) is 12.1 Å². The summed E-state index contributed by atoms with van der Waals surface area (Å²) in [5.41, 5.74) is 1.71. The van der Waals surface area contributed by atoms with Gasteiger partial charge in [-0.3, -0.25) is 4.79 Å². The molecular formula is C14H11Br2NO.